The first kappa shape index (κ1) is 44.0. The van der Waals surface area contributed by atoms with E-state index in [4.69, 9.17) is 16.6 Å². The van der Waals surface area contributed by atoms with E-state index in [1.807, 2.05) is 20.8 Å². The molecule has 3 atom stereocenters. The van der Waals surface area contributed by atoms with Crippen LogP contribution in [0.5, 0.6) is 0 Å². The fraction of sp³-hybridized carbons (Fsp3) is 0.375. The molecule has 21 heteroatoms. The van der Waals surface area contributed by atoms with Crippen molar-refractivity contribution < 1.29 is 43.9 Å². The minimum absolute atomic E-state index is 0.0312. The molecule has 11 nitrogen and oxygen atoms in total. The number of halogens is 8. The fourth-order valence-electron chi connectivity index (χ4n) is 7.61. The van der Waals surface area contributed by atoms with Crippen LogP contribution in [-0.2, 0) is 52.3 Å². The number of rotatable bonds is 10. The van der Waals surface area contributed by atoms with Gasteiger partial charge in [-0.2, -0.15) is 32.1 Å². The Bertz CT molecular complexity index is 2810. The van der Waals surface area contributed by atoms with Crippen molar-refractivity contribution in [1.82, 2.24) is 34.8 Å². The number of nitrogens with one attached hydrogen (secondary N) is 2. The summed E-state index contributed by atoms with van der Waals surface area (Å²) in [4.78, 5) is 24.3. The van der Waals surface area contributed by atoms with Gasteiger partial charge in [-0.05, 0) is 42.2 Å². The number of amides is 1. The summed E-state index contributed by atoms with van der Waals surface area (Å²) >= 11 is 7.97. The molecule has 2 N–H and O–H groups in total. The Morgan fingerprint density at radius 3 is 2.28 bits per heavy atom. The van der Waals surface area contributed by atoms with Gasteiger partial charge >= 0.3 is 6.18 Å². The molecule has 1 aliphatic carbocycles. The number of fused-ring (bicyclic) bond motifs is 2. The highest BCUT2D eigenvalue weighted by molar-refractivity contribution is 7.92. The highest BCUT2D eigenvalue weighted by atomic mass is 35.5. The molecule has 0 saturated carbocycles. The van der Waals surface area contributed by atoms with Gasteiger partial charge < -0.3 is 5.32 Å². The van der Waals surface area contributed by atoms with Gasteiger partial charge in [0.05, 0.1) is 49.5 Å². The van der Waals surface area contributed by atoms with Crippen molar-refractivity contribution in [2.75, 3.05) is 11.0 Å². The molecule has 0 saturated heterocycles. The Labute approximate surface area is 354 Å². The Kier molecular flexibility index (Phi) is 11.1. The highest BCUT2D eigenvalue weighted by Gasteiger charge is 2.57. The Balaban J connectivity index is 1.43. The topological polar surface area (TPSA) is 137 Å². The van der Waals surface area contributed by atoms with Crippen LogP contribution in [-0.4, -0.2) is 50.1 Å². The van der Waals surface area contributed by atoms with Gasteiger partial charge in [0.25, 0.3) is 5.92 Å². The van der Waals surface area contributed by atoms with Gasteiger partial charge in [-0.15, -0.1) is 11.3 Å². The molecule has 4 aromatic heterocycles. The first-order chi connectivity index (χ1) is 28.2. The largest absolute Gasteiger partial charge is 0.435 e. The number of pyridine rings is 1. The summed E-state index contributed by atoms with van der Waals surface area (Å²) in [6.45, 7) is 7.18. The lowest BCUT2D eigenvalue weighted by Crippen LogP contribution is -2.35. The normalized spacial score (nSPS) is 17.2. The van der Waals surface area contributed by atoms with E-state index in [9.17, 15) is 35.2 Å². The Hall–Kier alpha value is -5.08. The number of hydrogen-bond donors (Lipinski definition) is 2. The molecule has 0 unspecified atom stereocenters. The summed E-state index contributed by atoms with van der Waals surface area (Å²) < 4.78 is 132. The van der Waals surface area contributed by atoms with Gasteiger partial charge in [-0.3, -0.25) is 18.9 Å². The van der Waals surface area contributed by atoms with Crippen LogP contribution < -0.4 is 10.0 Å². The molecule has 4 heterocycles. The van der Waals surface area contributed by atoms with Crippen LogP contribution in [0.2, 0.25) is 5.02 Å². The second-order valence-corrected chi connectivity index (χ2v) is 19.3. The summed E-state index contributed by atoms with van der Waals surface area (Å²) in [5.41, 5.74) is -2.20. The SMILES string of the molecule is C[C@@H]1c2c(C(F)(F)F)nn(CC(=O)N[C@@H](Cc3cc(F)cc(F)c3)c3nc(-c4cnc(C(C)(C)C)s4)ccc3-c3ccc(Cl)c4c(NS(C)(=O)=O)nn(C)c34)c2C(F)(F)[C@@H]1C. The van der Waals surface area contributed by atoms with Crippen LogP contribution in [0.3, 0.4) is 0 Å². The zero-order chi connectivity index (χ0) is 44.7. The number of sulfonamides is 1. The monoisotopic (exact) mass is 910 g/mol. The standard InChI is InChI=1S/C40H38ClF7N8O3S2/c1-18-19(2)39(44,45)35-30(18)34(40(46,47)48)52-56(35)17-29(57)50-27(14-20-12-21(42)15-22(43)13-20)32-23(9-11-26(51-32)28-16-49-37(60-28)38(3,4)5)24-8-10-25(41)31-33(24)55(6)53-36(31)54-61(7,58)59/h8-13,15-16,18-19,27H,14,17H2,1-7H3,(H,50,57)(H,53,54)/t18-,19+,27-/m0/s1. The van der Waals surface area contributed by atoms with Gasteiger partial charge in [0.15, 0.2) is 11.5 Å². The molecule has 0 bridgehead atoms. The fourth-order valence-corrected chi connectivity index (χ4v) is 9.29. The van der Waals surface area contributed by atoms with E-state index >= 15 is 8.78 Å². The molecule has 0 radical (unpaired) electrons. The number of hydrogen-bond acceptors (Lipinski definition) is 8. The molecule has 7 rings (SSSR count). The van der Waals surface area contributed by atoms with E-state index in [0.29, 0.717) is 32.4 Å². The van der Waals surface area contributed by atoms with Crippen molar-refractivity contribution in [1.29, 1.82) is 0 Å². The summed E-state index contributed by atoms with van der Waals surface area (Å²) in [6.07, 6.45) is -2.93. The number of alkyl halides is 5. The van der Waals surface area contributed by atoms with Crippen molar-refractivity contribution in [3.63, 3.8) is 0 Å². The smallest absolute Gasteiger partial charge is 0.346 e. The third-order valence-electron chi connectivity index (χ3n) is 10.5. The molecule has 1 aliphatic rings. The average Bonchev–Trinajstić information content (AvgIpc) is 3.89. The Morgan fingerprint density at radius 2 is 1.67 bits per heavy atom. The van der Waals surface area contributed by atoms with E-state index in [0.717, 1.165) is 30.3 Å². The van der Waals surface area contributed by atoms with Crippen LogP contribution in [0.15, 0.2) is 48.7 Å². The molecule has 1 amide bonds. The molecule has 324 valence electrons. The molecule has 61 heavy (non-hydrogen) atoms. The minimum Gasteiger partial charge on any atom is -0.346 e. The van der Waals surface area contributed by atoms with Crippen molar-refractivity contribution in [3.05, 3.63) is 98.5 Å². The number of aryl methyl sites for hydroxylation is 1. The van der Waals surface area contributed by atoms with Crippen molar-refractivity contribution in [3.8, 4) is 21.7 Å². The number of thiazole rings is 1. The number of carbonyl (C=O) groups is 1. The molecule has 0 spiro atoms. The van der Waals surface area contributed by atoms with Gasteiger partial charge in [0, 0.05) is 47.3 Å². The van der Waals surface area contributed by atoms with Crippen LogP contribution in [0, 0.1) is 17.6 Å². The Morgan fingerprint density at radius 1 is 1.02 bits per heavy atom. The highest BCUT2D eigenvalue weighted by Crippen LogP contribution is 2.55. The van der Waals surface area contributed by atoms with Crippen molar-refractivity contribution in [2.45, 2.75) is 77.1 Å². The third-order valence-corrected chi connectivity index (χ3v) is 12.8. The number of benzene rings is 2. The zero-order valence-electron chi connectivity index (χ0n) is 33.5. The van der Waals surface area contributed by atoms with Gasteiger partial charge in [0.2, 0.25) is 15.9 Å². The lowest BCUT2D eigenvalue weighted by molar-refractivity contribution is -0.143. The molecule has 6 aromatic rings. The van der Waals surface area contributed by atoms with E-state index < -0.39 is 81.0 Å². The third kappa shape index (κ3) is 8.45. The maximum absolute atomic E-state index is 15.7. The van der Waals surface area contributed by atoms with Crippen LogP contribution in [0.1, 0.15) is 79.8 Å². The van der Waals surface area contributed by atoms with Gasteiger partial charge in [0.1, 0.15) is 23.9 Å². The van der Waals surface area contributed by atoms with E-state index in [1.165, 1.54) is 36.1 Å². The summed E-state index contributed by atoms with van der Waals surface area (Å²) in [7, 11) is -2.31. The quantitative estimate of drug-likeness (QED) is 0.131. The number of aromatic nitrogens is 6. The first-order valence-corrected chi connectivity index (χ1v) is 21.7. The van der Waals surface area contributed by atoms with E-state index in [2.05, 4.69) is 25.2 Å². The zero-order valence-corrected chi connectivity index (χ0v) is 35.9. The molecule has 0 aliphatic heterocycles. The molecular weight excluding hydrogens is 873 g/mol. The summed E-state index contributed by atoms with van der Waals surface area (Å²) in [5.74, 6) is -9.62. The molecule has 0 fully saturated rings. The van der Waals surface area contributed by atoms with Crippen LogP contribution >= 0.6 is 22.9 Å². The lowest BCUT2D eigenvalue weighted by Gasteiger charge is -2.24. The first-order valence-electron chi connectivity index (χ1n) is 18.7. The maximum atomic E-state index is 15.7. The van der Waals surface area contributed by atoms with Crippen LogP contribution in [0.25, 0.3) is 32.6 Å². The second kappa shape index (κ2) is 15.4. The number of carbonyl (C=O) groups excluding carboxylic acids is 1. The van der Waals surface area contributed by atoms with Crippen molar-refractivity contribution >= 4 is 55.6 Å². The predicted octanol–water partition coefficient (Wildman–Crippen LogP) is 9.52. The predicted molar refractivity (Wildman–Crippen MR) is 217 cm³/mol. The number of anilines is 1. The number of nitrogens with zero attached hydrogens (tertiary/aromatic N) is 6. The molecular formula is C40H38ClF7N8O3S2. The summed E-state index contributed by atoms with van der Waals surface area (Å²) in [5, 5.41) is 11.6. The average molecular weight is 911 g/mol. The van der Waals surface area contributed by atoms with Crippen LogP contribution in [0.4, 0.5) is 36.6 Å². The van der Waals surface area contributed by atoms with Crippen molar-refractivity contribution in [2.24, 2.45) is 13.0 Å². The second-order valence-electron chi connectivity index (χ2n) is 16.1. The molecule has 2 aromatic carbocycles. The summed E-state index contributed by atoms with van der Waals surface area (Å²) in [6, 6.07) is 7.74. The minimum atomic E-state index is -5.11. The maximum Gasteiger partial charge on any atom is 0.435 e. The van der Waals surface area contributed by atoms with Gasteiger partial charge in [-0.1, -0.05) is 58.4 Å². The lowest BCUT2D eigenvalue weighted by atomic mass is 9.93. The van der Waals surface area contributed by atoms with Gasteiger partial charge in [-0.25, -0.2) is 27.2 Å². The van der Waals surface area contributed by atoms with E-state index in [-0.39, 0.29) is 44.9 Å². The van der Waals surface area contributed by atoms with E-state index in [1.54, 1.807) is 24.4 Å².